The van der Waals surface area contributed by atoms with Gasteiger partial charge in [0.2, 0.25) is 5.91 Å². The average molecular weight is 462 g/mol. The summed E-state index contributed by atoms with van der Waals surface area (Å²) in [4.78, 5) is 39.7. The van der Waals surface area contributed by atoms with Gasteiger partial charge in [-0.05, 0) is 52.0 Å². The Hall–Kier alpha value is -2.61. The number of nitrogens with zero attached hydrogens (tertiary/aromatic N) is 1. The molecule has 2 amide bonds. The van der Waals surface area contributed by atoms with Gasteiger partial charge in [-0.15, -0.1) is 0 Å². The van der Waals surface area contributed by atoms with Gasteiger partial charge < -0.3 is 19.7 Å². The molecule has 1 fully saturated rings. The summed E-state index contributed by atoms with van der Waals surface area (Å²) in [5.74, 6) is -0.326. The van der Waals surface area contributed by atoms with E-state index in [0.29, 0.717) is 12.8 Å². The summed E-state index contributed by atoms with van der Waals surface area (Å²) in [6.45, 7) is 11.5. The second-order valence-corrected chi connectivity index (χ2v) is 10.1. The van der Waals surface area contributed by atoms with Crippen LogP contribution in [0.1, 0.15) is 53.5 Å². The van der Waals surface area contributed by atoms with Gasteiger partial charge in [-0.1, -0.05) is 44.2 Å². The number of piperazine rings is 1. The molecule has 0 saturated carbocycles. The third-order valence-corrected chi connectivity index (χ3v) is 5.59. The first kappa shape index (κ1) is 26.6. The molecule has 184 valence electrons. The van der Waals surface area contributed by atoms with Crippen molar-refractivity contribution in [3.05, 3.63) is 35.9 Å². The quantitative estimate of drug-likeness (QED) is 0.578. The third-order valence-electron chi connectivity index (χ3n) is 5.59. The summed E-state index contributed by atoms with van der Waals surface area (Å²) in [6, 6.07) is 8.00. The van der Waals surface area contributed by atoms with Crippen molar-refractivity contribution in [2.75, 3.05) is 13.7 Å². The maximum atomic E-state index is 13.2. The SMILES string of the molecule is COC(=O)[C@H](C)N1C[C@H]([C@H](Cc2ccccc2)NC(=O)OC(C)(C)C)N[C@@H](CC(C)C)C1=O. The van der Waals surface area contributed by atoms with Gasteiger partial charge in [0.25, 0.3) is 0 Å². The number of carbonyl (C=O) groups excluding carboxylic acids is 3. The Morgan fingerprint density at radius 3 is 2.36 bits per heavy atom. The van der Waals surface area contributed by atoms with Gasteiger partial charge in [0, 0.05) is 12.6 Å². The van der Waals surface area contributed by atoms with Crippen LogP contribution in [0, 0.1) is 5.92 Å². The van der Waals surface area contributed by atoms with Crippen molar-refractivity contribution in [1.29, 1.82) is 0 Å². The number of hydrogen-bond donors (Lipinski definition) is 2. The Kier molecular flexibility index (Phi) is 9.28. The number of alkyl carbamates (subject to hydrolysis) is 1. The maximum Gasteiger partial charge on any atom is 0.407 e. The van der Waals surface area contributed by atoms with Crippen LogP contribution >= 0.6 is 0 Å². The first-order valence-electron chi connectivity index (χ1n) is 11.6. The Morgan fingerprint density at radius 2 is 1.82 bits per heavy atom. The van der Waals surface area contributed by atoms with E-state index in [-0.39, 0.29) is 30.5 Å². The van der Waals surface area contributed by atoms with Crippen LogP contribution in [0.15, 0.2) is 30.3 Å². The molecule has 1 aliphatic rings. The predicted molar refractivity (Wildman–Crippen MR) is 127 cm³/mol. The molecule has 0 radical (unpaired) electrons. The van der Waals surface area contributed by atoms with E-state index < -0.39 is 29.7 Å². The molecule has 0 aromatic heterocycles. The monoisotopic (exact) mass is 461 g/mol. The Labute approximate surface area is 197 Å². The van der Waals surface area contributed by atoms with Crippen molar-refractivity contribution in [3.63, 3.8) is 0 Å². The minimum Gasteiger partial charge on any atom is -0.467 e. The summed E-state index contributed by atoms with van der Waals surface area (Å²) in [7, 11) is 1.32. The minimum absolute atomic E-state index is 0.131. The highest BCUT2D eigenvalue weighted by molar-refractivity contribution is 5.88. The zero-order chi connectivity index (χ0) is 24.8. The number of hydrogen-bond acceptors (Lipinski definition) is 6. The first-order chi connectivity index (χ1) is 15.4. The number of esters is 1. The molecule has 8 nitrogen and oxygen atoms in total. The largest absolute Gasteiger partial charge is 0.467 e. The fourth-order valence-electron chi connectivity index (χ4n) is 4.04. The van der Waals surface area contributed by atoms with Crippen molar-refractivity contribution in [1.82, 2.24) is 15.5 Å². The molecule has 0 spiro atoms. The fourth-order valence-corrected chi connectivity index (χ4v) is 4.04. The lowest BCUT2D eigenvalue weighted by Crippen LogP contribution is -2.68. The van der Waals surface area contributed by atoms with Crippen LogP contribution in [-0.4, -0.2) is 66.3 Å². The lowest BCUT2D eigenvalue weighted by Gasteiger charge is -2.43. The van der Waals surface area contributed by atoms with Crippen LogP contribution in [-0.2, 0) is 25.5 Å². The highest BCUT2D eigenvalue weighted by atomic mass is 16.6. The van der Waals surface area contributed by atoms with Gasteiger partial charge in [-0.3, -0.25) is 10.1 Å². The molecule has 4 atom stereocenters. The normalized spacial score (nSPS) is 20.8. The molecule has 0 aliphatic carbocycles. The summed E-state index contributed by atoms with van der Waals surface area (Å²) in [5.41, 5.74) is 0.411. The second kappa shape index (κ2) is 11.5. The van der Waals surface area contributed by atoms with Gasteiger partial charge >= 0.3 is 12.1 Å². The molecule has 1 heterocycles. The summed E-state index contributed by atoms with van der Waals surface area (Å²) < 4.78 is 10.4. The molecule has 1 aromatic rings. The molecule has 33 heavy (non-hydrogen) atoms. The predicted octanol–water partition coefficient (Wildman–Crippen LogP) is 2.90. The minimum atomic E-state index is -0.722. The zero-order valence-electron chi connectivity index (χ0n) is 20.9. The summed E-state index contributed by atoms with van der Waals surface area (Å²) >= 11 is 0. The van der Waals surface area contributed by atoms with E-state index >= 15 is 0 Å². The molecule has 2 rings (SSSR count). The van der Waals surface area contributed by atoms with Gasteiger partial charge in [-0.25, -0.2) is 9.59 Å². The molecular formula is C25H39N3O5. The number of rotatable bonds is 8. The fraction of sp³-hybridized carbons (Fsp3) is 0.640. The maximum absolute atomic E-state index is 13.2. The second-order valence-electron chi connectivity index (χ2n) is 10.1. The van der Waals surface area contributed by atoms with E-state index in [1.54, 1.807) is 11.8 Å². The van der Waals surface area contributed by atoms with Gasteiger partial charge in [0.15, 0.2) is 0 Å². The van der Waals surface area contributed by atoms with Crippen LogP contribution in [0.3, 0.4) is 0 Å². The topological polar surface area (TPSA) is 97.0 Å². The van der Waals surface area contributed by atoms with Crippen LogP contribution < -0.4 is 10.6 Å². The van der Waals surface area contributed by atoms with Crippen LogP contribution in [0.5, 0.6) is 0 Å². The van der Waals surface area contributed by atoms with Crippen molar-refractivity contribution >= 4 is 18.0 Å². The number of carbonyl (C=O) groups is 3. The van der Waals surface area contributed by atoms with Crippen molar-refractivity contribution in [3.8, 4) is 0 Å². The summed E-state index contributed by atoms with van der Waals surface area (Å²) in [5, 5.41) is 6.46. The number of ether oxygens (including phenoxy) is 2. The summed E-state index contributed by atoms with van der Waals surface area (Å²) in [6.07, 6.45) is 0.639. The number of nitrogens with one attached hydrogen (secondary N) is 2. The van der Waals surface area contributed by atoms with Gasteiger partial charge in [0.1, 0.15) is 11.6 Å². The Balaban J connectivity index is 2.34. The lowest BCUT2D eigenvalue weighted by molar-refractivity contribution is -0.155. The number of amides is 2. The highest BCUT2D eigenvalue weighted by Crippen LogP contribution is 2.20. The molecule has 8 heteroatoms. The Bertz CT molecular complexity index is 806. The van der Waals surface area contributed by atoms with Crippen LogP contribution in [0.2, 0.25) is 0 Å². The molecule has 1 aromatic carbocycles. The van der Waals surface area contributed by atoms with Crippen molar-refractivity contribution in [2.24, 2.45) is 5.92 Å². The van der Waals surface area contributed by atoms with Gasteiger partial charge in [-0.2, -0.15) is 0 Å². The molecule has 2 N–H and O–H groups in total. The lowest BCUT2D eigenvalue weighted by atomic mass is 9.92. The van der Waals surface area contributed by atoms with Gasteiger partial charge in [0.05, 0.1) is 19.2 Å². The average Bonchev–Trinajstić information content (AvgIpc) is 2.72. The van der Waals surface area contributed by atoms with E-state index in [1.165, 1.54) is 7.11 Å². The van der Waals surface area contributed by atoms with E-state index in [0.717, 1.165) is 5.56 Å². The molecule has 1 aliphatic heterocycles. The molecule has 0 unspecified atom stereocenters. The number of benzene rings is 1. The van der Waals surface area contributed by atoms with Crippen LogP contribution in [0.4, 0.5) is 4.79 Å². The molecule has 0 bridgehead atoms. The first-order valence-corrected chi connectivity index (χ1v) is 11.6. The van der Waals surface area contributed by atoms with E-state index in [2.05, 4.69) is 10.6 Å². The van der Waals surface area contributed by atoms with E-state index in [1.807, 2.05) is 65.0 Å². The zero-order valence-corrected chi connectivity index (χ0v) is 20.9. The van der Waals surface area contributed by atoms with Crippen LogP contribution in [0.25, 0.3) is 0 Å². The molecule has 1 saturated heterocycles. The molecular weight excluding hydrogens is 422 g/mol. The van der Waals surface area contributed by atoms with Crippen molar-refractivity contribution in [2.45, 2.75) is 84.2 Å². The highest BCUT2D eigenvalue weighted by Gasteiger charge is 2.41. The van der Waals surface area contributed by atoms with Crippen molar-refractivity contribution < 1.29 is 23.9 Å². The Morgan fingerprint density at radius 1 is 1.18 bits per heavy atom. The standard InChI is InChI=1S/C25H39N3O5/c1-16(2)13-20-22(29)28(17(3)23(30)32-7)15-21(26-20)19(14-18-11-9-8-10-12-18)27-24(31)33-25(4,5)6/h8-12,16-17,19-21,26H,13-15H2,1-7H3,(H,27,31)/t17-,19-,20-,21+/m0/s1. The van der Waals surface area contributed by atoms with E-state index in [9.17, 15) is 14.4 Å². The number of methoxy groups -OCH3 is 1. The third kappa shape index (κ3) is 8.03. The van der Waals surface area contributed by atoms with E-state index in [4.69, 9.17) is 9.47 Å². The smallest absolute Gasteiger partial charge is 0.407 e.